The minimum atomic E-state index is -0.238. The first kappa shape index (κ1) is 25.0. The van der Waals surface area contributed by atoms with Crippen molar-refractivity contribution in [3.05, 3.63) is 35.4 Å². The molecule has 0 aromatic carbocycles. The first-order chi connectivity index (χ1) is 16.6. The molecule has 1 atom stereocenters. The zero-order chi connectivity index (χ0) is 25.4. The van der Waals surface area contributed by atoms with Crippen LogP contribution < -0.4 is 10.6 Å². The summed E-state index contributed by atoms with van der Waals surface area (Å²) in [4.78, 5) is 27.0. The van der Waals surface area contributed by atoms with E-state index < -0.39 is 0 Å². The topological polar surface area (TPSA) is 82.5 Å². The van der Waals surface area contributed by atoms with Gasteiger partial charge in [0.1, 0.15) is 17.6 Å². The van der Waals surface area contributed by atoms with Crippen molar-refractivity contribution in [3.63, 3.8) is 0 Å². The number of aromatic nitrogens is 3. The lowest BCUT2D eigenvalue weighted by Gasteiger charge is -2.48. The van der Waals surface area contributed by atoms with Crippen molar-refractivity contribution in [3.8, 4) is 6.07 Å². The highest BCUT2D eigenvalue weighted by molar-refractivity contribution is 5.87. The van der Waals surface area contributed by atoms with Gasteiger partial charge in [-0.05, 0) is 55.6 Å². The summed E-state index contributed by atoms with van der Waals surface area (Å²) in [5.74, 6) is 1.55. The Morgan fingerprint density at radius 2 is 2.00 bits per heavy atom. The number of piperidine rings is 2. The summed E-state index contributed by atoms with van der Waals surface area (Å²) in [6, 6.07) is 6.47. The molecule has 2 aromatic rings. The molecule has 2 aliphatic heterocycles. The van der Waals surface area contributed by atoms with E-state index in [1.54, 1.807) is 10.8 Å². The third kappa shape index (κ3) is 5.00. The first-order valence-corrected chi connectivity index (χ1v) is 12.7. The van der Waals surface area contributed by atoms with Gasteiger partial charge in [0.15, 0.2) is 5.65 Å². The predicted octanol–water partition coefficient (Wildman–Crippen LogP) is 4.17. The van der Waals surface area contributed by atoms with E-state index in [4.69, 9.17) is 4.98 Å². The maximum absolute atomic E-state index is 12.9. The standard InChI is InChI=1S/C27H39N7O/c1-7-29-23(20(2)17-28)32-15-12-27(13-16-32)11-8-14-33(19-27)22-10-9-21-24(30-22)31(6)25(35)34(21)18-26(3,4)5/h7,9-10,20H,1,8,11-16,18-19H2,2-6H3. The molecule has 4 heterocycles. The van der Waals surface area contributed by atoms with Crippen LogP contribution in [-0.2, 0) is 13.6 Å². The SMILES string of the molecule is C=CN=C(C(C)C#N)N1CCC2(CCCN(c3ccc4c(n3)n(C)c(=O)n4CC(C)(C)C)C2)CC1. The fraction of sp³-hybridized carbons (Fsp3) is 0.630. The lowest BCUT2D eigenvalue weighted by molar-refractivity contribution is 0.122. The Balaban J connectivity index is 1.54. The minimum Gasteiger partial charge on any atom is -0.359 e. The van der Waals surface area contributed by atoms with E-state index in [0.717, 1.165) is 68.3 Å². The molecule has 188 valence electrons. The van der Waals surface area contributed by atoms with E-state index in [0.29, 0.717) is 6.54 Å². The molecular weight excluding hydrogens is 438 g/mol. The fourth-order valence-electron chi connectivity index (χ4n) is 5.71. The van der Waals surface area contributed by atoms with E-state index in [-0.39, 0.29) is 22.4 Å². The summed E-state index contributed by atoms with van der Waals surface area (Å²) in [5, 5.41) is 9.41. The Bertz CT molecular complexity index is 1220. The number of nitriles is 1. The van der Waals surface area contributed by atoms with Crippen LogP contribution in [0.1, 0.15) is 53.4 Å². The van der Waals surface area contributed by atoms with E-state index >= 15 is 0 Å². The van der Waals surface area contributed by atoms with Crippen LogP contribution in [-0.4, -0.2) is 51.0 Å². The van der Waals surface area contributed by atoms with Crippen LogP contribution in [0.25, 0.3) is 11.2 Å². The smallest absolute Gasteiger partial charge is 0.330 e. The summed E-state index contributed by atoms with van der Waals surface area (Å²) in [5.41, 5.74) is 1.89. The highest BCUT2D eigenvalue weighted by Crippen LogP contribution is 2.41. The molecule has 1 spiro atoms. The molecule has 1 unspecified atom stereocenters. The van der Waals surface area contributed by atoms with E-state index in [1.165, 1.54) is 6.42 Å². The molecule has 2 aromatic heterocycles. The molecule has 0 aliphatic carbocycles. The Kier molecular flexibility index (Phi) is 6.81. The summed E-state index contributed by atoms with van der Waals surface area (Å²) in [6.07, 6.45) is 6.02. The minimum absolute atomic E-state index is 0.00613. The molecule has 2 aliphatic rings. The zero-order valence-corrected chi connectivity index (χ0v) is 21.9. The summed E-state index contributed by atoms with van der Waals surface area (Å²) >= 11 is 0. The quantitative estimate of drug-likeness (QED) is 0.488. The van der Waals surface area contributed by atoms with Gasteiger partial charge in [-0.15, -0.1) is 0 Å². The number of aliphatic imine (C=N–C) groups is 1. The van der Waals surface area contributed by atoms with Gasteiger partial charge in [0.2, 0.25) is 0 Å². The van der Waals surface area contributed by atoms with Crippen molar-refractivity contribution >= 4 is 22.8 Å². The molecule has 0 bridgehead atoms. The van der Waals surface area contributed by atoms with E-state index in [1.807, 2.05) is 18.5 Å². The van der Waals surface area contributed by atoms with Gasteiger partial charge in [-0.3, -0.25) is 9.13 Å². The predicted molar refractivity (Wildman–Crippen MR) is 142 cm³/mol. The molecular formula is C27H39N7O. The van der Waals surface area contributed by atoms with E-state index in [2.05, 4.69) is 60.3 Å². The molecule has 4 rings (SSSR count). The van der Waals surface area contributed by atoms with Crippen molar-refractivity contribution < 1.29 is 0 Å². The number of nitrogens with zero attached hydrogens (tertiary/aromatic N) is 7. The van der Waals surface area contributed by atoms with Crippen LogP contribution >= 0.6 is 0 Å². The number of hydrogen-bond acceptors (Lipinski definition) is 5. The highest BCUT2D eigenvalue weighted by atomic mass is 16.1. The number of anilines is 1. The third-order valence-corrected chi connectivity index (χ3v) is 7.54. The zero-order valence-electron chi connectivity index (χ0n) is 21.9. The van der Waals surface area contributed by atoms with Crippen LogP contribution in [0.2, 0.25) is 0 Å². The molecule has 0 radical (unpaired) electrons. The van der Waals surface area contributed by atoms with Gasteiger partial charge in [-0.1, -0.05) is 27.4 Å². The normalized spacial score (nSPS) is 19.7. The Hall–Kier alpha value is -3.08. The molecule has 0 amide bonds. The molecule has 8 heteroatoms. The Morgan fingerprint density at radius 3 is 2.63 bits per heavy atom. The first-order valence-electron chi connectivity index (χ1n) is 12.7. The number of imidazole rings is 1. The number of aryl methyl sites for hydroxylation is 1. The average molecular weight is 478 g/mol. The summed E-state index contributed by atoms with van der Waals surface area (Å²) in [6.45, 7) is 16.5. The van der Waals surface area contributed by atoms with Gasteiger partial charge in [0, 0.05) is 46.0 Å². The van der Waals surface area contributed by atoms with Crippen LogP contribution in [0.5, 0.6) is 0 Å². The number of hydrogen-bond donors (Lipinski definition) is 0. The lowest BCUT2D eigenvalue weighted by atomic mass is 9.72. The van der Waals surface area contributed by atoms with Gasteiger partial charge in [0.25, 0.3) is 0 Å². The summed E-state index contributed by atoms with van der Waals surface area (Å²) in [7, 11) is 1.82. The molecule has 0 N–H and O–H groups in total. The highest BCUT2D eigenvalue weighted by Gasteiger charge is 2.40. The molecule has 35 heavy (non-hydrogen) atoms. The molecule has 2 saturated heterocycles. The molecule has 2 fully saturated rings. The number of likely N-dealkylation sites (tertiary alicyclic amines) is 1. The van der Waals surface area contributed by atoms with Gasteiger partial charge in [0.05, 0.1) is 11.6 Å². The largest absolute Gasteiger partial charge is 0.359 e. The maximum atomic E-state index is 12.9. The van der Waals surface area contributed by atoms with Crippen molar-refractivity contribution in [2.75, 3.05) is 31.1 Å². The van der Waals surface area contributed by atoms with Crippen LogP contribution in [0.4, 0.5) is 5.82 Å². The summed E-state index contributed by atoms with van der Waals surface area (Å²) < 4.78 is 3.53. The molecule has 8 nitrogen and oxygen atoms in total. The van der Waals surface area contributed by atoms with Gasteiger partial charge in [-0.2, -0.15) is 5.26 Å². The Labute approximate surface area is 208 Å². The van der Waals surface area contributed by atoms with Crippen molar-refractivity contribution in [2.24, 2.45) is 28.8 Å². The number of rotatable bonds is 4. The van der Waals surface area contributed by atoms with E-state index in [9.17, 15) is 10.1 Å². The van der Waals surface area contributed by atoms with Crippen molar-refractivity contribution in [1.82, 2.24) is 19.0 Å². The number of fused-ring (bicyclic) bond motifs is 1. The fourth-order valence-corrected chi connectivity index (χ4v) is 5.71. The van der Waals surface area contributed by atoms with Gasteiger partial charge >= 0.3 is 5.69 Å². The van der Waals surface area contributed by atoms with Crippen molar-refractivity contribution in [1.29, 1.82) is 5.26 Å². The number of amidine groups is 1. The second-order valence-corrected chi connectivity index (χ2v) is 11.5. The number of pyridine rings is 1. The van der Waals surface area contributed by atoms with Crippen molar-refractivity contribution in [2.45, 2.75) is 59.9 Å². The average Bonchev–Trinajstić information content (AvgIpc) is 3.06. The van der Waals surface area contributed by atoms with Gasteiger partial charge < -0.3 is 9.80 Å². The molecule has 0 saturated carbocycles. The van der Waals surface area contributed by atoms with Gasteiger partial charge in [-0.25, -0.2) is 14.8 Å². The van der Waals surface area contributed by atoms with Crippen LogP contribution in [0.3, 0.4) is 0 Å². The second kappa shape index (κ2) is 9.52. The third-order valence-electron chi connectivity index (χ3n) is 7.54. The maximum Gasteiger partial charge on any atom is 0.330 e. The van der Waals surface area contributed by atoms with Crippen LogP contribution in [0, 0.1) is 28.1 Å². The Morgan fingerprint density at radius 1 is 1.29 bits per heavy atom. The monoisotopic (exact) mass is 477 g/mol. The van der Waals surface area contributed by atoms with Crippen LogP contribution in [0.15, 0.2) is 34.7 Å². The lowest BCUT2D eigenvalue weighted by Crippen LogP contribution is -2.51. The second-order valence-electron chi connectivity index (χ2n) is 11.5.